The molecule has 0 heterocycles. The first-order chi connectivity index (χ1) is 15.9. The molecule has 0 saturated heterocycles. The van der Waals surface area contributed by atoms with Crippen LogP contribution in [0.5, 0.6) is 0 Å². The van der Waals surface area contributed by atoms with Crippen LogP contribution in [-0.2, 0) is 30.4 Å². The van der Waals surface area contributed by atoms with E-state index in [1.54, 1.807) is 30.3 Å². The van der Waals surface area contributed by atoms with Crippen molar-refractivity contribution in [2.24, 2.45) is 11.7 Å². The van der Waals surface area contributed by atoms with E-state index in [0.29, 0.717) is 12.0 Å². The summed E-state index contributed by atoms with van der Waals surface area (Å²) in [6, 6.07) is 3.66. The first-order valence-corrected chi connectivity index (χ1v) is 11.3. The molecule has 7 N–H and O–H groups in total. The number of carbonyl (C=O) groups excluding carboxylic acids is 3. The summed E-state index contributed by atoms with van der Waals surface area (Å²) in [5.74, 6) is -5.14. The maximum Gasteiger partial charge on any atom is 0.327 e. The van der Waals surface area contributed by atoms with Crippen molar-refractivity contribution < 1.29 is 34.2 Å². The van der Waals surface area contributed by atoms with Gasteiger partial charge in [-0.3, -0.25) is 19.2 Å². The molecule has 0 aliphatic carbocycles. The third kappa shape index (κ3) is 10.2. The van der Waals surface area contributed by atoms with Crippen LogP contribution in [0.15, 0.2) is 30.3 Å². The third-order valence-electron chi connectivity index (χ3n) is 4.79. The molecule has 0 aliphatic rings. The van der Waals surface area contributed by atoms with Gasteiger partial charge in [0, 0.05) is 12.2 Å². The largest absolute Gasteiger partial charge is 0.481 e. The second kappa shape index (κ2) is 14.2. The molecule has 0 radical (unpaired) electrons. The molecule has 1 aromatic rings. The highest BCUT2D eigenvalue weighted by atomic mass is 32.1. The van der Waals surface area contributed by atoms with E-state index in [-0.39, 0.29) is 18.1 Å². The van der Waals surface area contributed by atoms with Crippen LogP contribution in [0.1, 0.15) is 32.3 Å². The van der Waals surface area contributed by atoms with Gasteiger partial charge in [-0.2, -0.15) is 12.6 Å². The van der Waals surface area contributed by atoms with Gasteiger partial charge < -0.3 is 31.9 Å². The molecular formula is C22H32N4O7S. The van der Waals surface area contributed by atoms with Gasteiger partial charge in [0.1, 0.15) is 18.1 Å². The molecule has 34 heavy (non-hydrogen) atoms. The van der Waals surface area contributed by atoms with Gasteiger partial charge in [-0.1, -0.05) is 44.2 Å². The summed E-state index contributed by atoms with van der Waals surface area (Å²) in [5.41, 5.74) is 6.49. The minimum atomic E-state index is -1.49. The fourth-order valence-corrected chi connectivity index (χ4v) is 3.31. The van der Waals surface area contributed by atoms with E-state index >= 15 is 0 Å². The summed E-state index contributed by atoms with van der Waals surface area (Å²) in [6.45, 7) is 3.72. The Hall–Kier alpha value is -3.12. The van der Waals surface area contributed by atoms with Crippen molar-refractivity contribution in [3.63, 3.8) is 0 Å². The Kier molecular flexibility index (Phi) is 12.1. The molecule has 4 atom stereocenters. The maximum absolute atomic E-state index is 12.9. The number of nitrogens with one attached hydrogen (secondary N) is 3. The van der Waals surface area contributed by atoms with Crippen LogP contribution >= 0.6 is 12.6 Å². The van der Waals surface area contributed by atoms with E-state index in [0.717, 1.165) is 0 Å². The van der Waals surface area contributed by atoms with E-state index < -0.39 is 60.2 Å². The molecule has 1 aromatic carbocycles. The van der Waals surface area contributed by atoms with E-state index in [1.807, 2.05) is 13.8 Å². The SMILES string of the molecule is CC(C)CC(N)C(=O)NC(CC(=O)O)C(=O)NC(Cc1ccccc1)C(=O)NC(CS)C(=O)O. The third-order valence-corrected chi connectivity index (χ3v) is 5.15. The van der Waals surface area contributed by atoms with Gasteiger partial charge in [0.25, 0.3) is 0 Å². The molecule has 0 aromatic heterocycles. The van der Waals surface area contributed by atoms with Crippen molar-refractivity contribution >= 4 is 42.3 Å². The van der Waals surface area contributed by atoms with Gasteiger partial charge in [0.05, 0.1) is 12.5 Å². The van der Waals surface area contributed by atoms with Crippen molar-refractivity contribution in [1.29, 1.82) is 0 Å². The molecule has 3 amide bonds. The Morgan fingerprint density at radius 1 is 0.882 bits per heavy atom. The zero-order valence-corrected chi connectivity index (χ0v) is 20.0. The number of rotatable bonds is 14. The van der Waals surface area contributed by atoms with Crippen molar-refractivity contribution in [1.82, 2.24) is 16.0 Å². The lowest BCUT2D eigenvalue weighted by atomic mass is 10.0. The highest BCUT2D eigenvalue weighted by Gasteiger charge is 2.31. The fraction of sp³-hybridized carbons (Fsp3) is 0.500. The number of carboxylic acid groups (broad SMARTS) is 2. The Balaban J connectivity index is 3.08. The van der Waals surface area contributed by atoms with Crippen LogP contribution in [0.2, 0.25) is 0 Å². The van der Waals surface area contributed by atoms with Crippen molar-refractivity contribution in [2.75, 3.05) is 5.75 Å². The number of carboxylic acids is 2. The van der Waals surface area contributed by atoms with Crippen molar-refractivity contribution in [3.05, 3.63) is 35.9 Å². The van der Waals surface area contributed by atoms with Crippen LogP contribution < -0.4 is 21.7 Å². The maximum atomic E-state index is 12.9. The number of thiol groups is 1. The van der Waals surface area contributed by atoms with Gasteiger partial charge in [-0.05, 0) is 17.9 Å². The smallest absolute Gasteiger partial charge is 0.327 e. The Bertz CT molecular complexity index is 866. The van der Waals surface area contributed by atoms with E-state index in [9.17, 15) is 34.2 Å². The average molecular weight is 497 g/mol. The lowest BCUT2D eigenvalue weighted by molar-refractivity contribution is -0.142. The topological polar surface area (TPSA) is 188 Å². The first-order valence-electron chi connectivity index (χ1n) is 10.7. The lowest BCUT2D eigenvalue weighted by Crippen LogP contribution is -2.58. The molecular weight excluding hydrogens is 464 g/mol. The molecule has 4 unspecified atom stereocenters. The molecule has 0 saturated carbocycles. The zero-order valence-electron chi connectivity index (χ0n) is 19.1. The number of amides is 3. The molecule has 1 rings (SSSR count). The highest BCUT2D eigenvalue weighted by molar-refractivity contribution is 7.80. The minimum absolute atomic E-state index is 0.00206. The van der Waals surface area contributed by atoms with Gasteiger partial charge in [0.15, 0.2) is 0 Å². The summed E-state index contributed by atoms with van der Waals surface area (Å²) < 4.78 is 0. The molecule has 0 aliphatic heterocycles. The number of carbonyl (C=O) groups is 5. The van der Waals surface area contributed by atoms with Gasteiger partial charge in [-0.25, -0.2) is 4.79 Å². The summed E-state index contributed by atoms with van der Waals surface area (Å²) in [4.78, 5) is 60.7. The zero-order chi connectivity index (χ0) is 25.8. The molecule has 11 nitrogen and oxygen atoms in total. The van der Waals surface area contributed by atoms with E-state index in [4.69, 9.17) is 5.73 Å². The van der Waals surface area contributed by atoms with Crippen molar-refractivity contribution in [3.8, 4) is 0 Å². The lowest BCUT2D eigenvalue weighted by Gasteiger charge is -2.24. The minimum Gasteiger partial charge on any atom is -0.481 e. The van der Waals surface area contributed by atoms with Crippen LogP contribution in [0.3, 0.4) is 0 Å². The van der Waals surface area contributed by atoms with Gasteiger partial charge in [-0.15, -0.1) is 0 Å². The van der Waals surface area contributed by atoms with Crippen molar-refractivity contribution in [2.45, 2.75) is 57.3 Å². The quantitative estimate of drug-likeness (QED) is 0.169. The Labute approximate surface area is 203 Å². The molecule has 188 valence electrons. The van der Waals surface area contributed by atoms with Crippen LogP contribution in [-0.4, -0.2) is 69.8 Å². The van der Waals surface area contributed by atoms with Crippen LogP contribution in [0.25, 0.3) is 0 Å². The monoisotopic (exact) mass is 496 g/mol. The predicted octanol–water partition coefficient (Wildman–Crippen LogP) is -0.454. The summed E-state index contributed by atoms with van der Waals surface area (Å²) in [5, 5.41) is 25.5. The fourth-order valence-electron chi connectivity index (χ4n) is 3.07. The predicted molar refractivity (Wildman–Crippen MR) is 127 cm³/mol. The number of hydrogen-bond acceptors (Lipinski definition) is 7. The van der Waals surface area contributed by atoms with Gasteiger partial charge in [0.2, 0.25) is 17.7 Å². The number of nitrogens with two attached hydrogens (primary N) is 1. The normalized spacial score (nSPS) is 14.4. The average Bonchev–Trinajstić information content (AvgIpc) is 2.75. The molecule has 0 fully saturated rings. The second-order valence-corrected chi connectivity index (χ2v) is 8.59. The van der Waals surface area contributed by atoms with E-state index in [2.05, 4.69) is 28.6 Å². The number of benzene rings is 1. The van der Waals surface area contributed by atoms with Crippen LogP contribution in [0, 0.1) is 5.92 Å². The van der Waals surface area contributed by atoms with Gasteiger partial charge >= 0.3 is 11.9 Å². The van der Waals surface area contributed by atoms with E-state index in [1.165, 1.54) is 0 Å². The summed E-state index contributed by atoms with van der Waals surface area (Å²) >= 11 is 3.91. The van der Waals surface area contributed by atoms with Crippen LogP contribution in [0.4, 0.5) is 0 Å². The standard InChI is InChI=1S/C22H32N4O7S/c1-12(2)8-14(23)19(29)24-16(10-18(27)28)21(31)25-15(9-13-6-4-3-5-7-13)20(30)26-17(11-34)22(32)33/h3-7,12,14-17,34H,8-11,23H2,1-2H3,(H,24,29)(H,25,31)(H,26,30)(H,27,28)(H,32,33). The number of aliphatic carboxylic acids is 2. The second-order valence-electron chi connectivity index (χ2n) is 8.23. The first kappa shape index (κ1) is 28.9. The Morgan fingerprint density at radius 3 is 1.91 bits per heavy atom. The molecule has 12 heteroatoms. The Morgan fingerprint density at radius 2 is 1.41 bits per heavy atom. The summed E-state index contributed by atoms with van der Waals surface area (Å²) in [6.07, 6.45) is -0.412. The highest BCUT2D eigenvalue weighted by Crippen LogP contribution is 2.07. The summed E-state index contributed by atoms with van der Waals surface area (Å²) in [7, 11) is 0. The number of hydrogen-bond donors (Lipinski definition) is 7. The molecule has 0 spiro atoms. The molecule has 0 bridgehead atoms.